The van der Waals surface area contributed by atoms with E-state index in [0.717, 1.165) is 20.5 Å². The highest BCUT2D eigenvalue weighted by Gasteiger charge is 2.40. The van der Waals surface area contributed by atoms with Gasteiger partial charge in [0.15, 0.2) is 11.6 Å². The Bertz CT molecular complexity index is 1930. The van der Waals surface area contributed by atoms with E-state index < -0.39 is 31.9 Å². The molecule has 0 spiro atoms. The minimum atomic E-state index is -4.93. The van der Waals surface area contributed by atoms with E-state index >= 15 is 0 Å². The summed E-state index contributed by atoms with van der Waals surface area (Å²) in [7, 11) is -1.06. The molecule has 0 radical (unpaired) electrons. The van der Waals surface area contributed by atoms with Gasteiger partial charge in [0, 0.05) is 17.7 Å². The van der Waals surface area contributed by atoms with Crippen LogP contribution < -0.4 is 5.30 Å². The topological polar surface area (TPSA) is 87.2 Å². The van der Waals surface area contributed by atoms with E-state index in [-0.39, 0.29) is 45.2 Å². The van der Waals surface area contributed by atoms with Crippen LogP contribution in [0.4, 0.5) is 26.3 Å². The third-order valence-electron chi connectivity index (χ3n) is 7.35. The maximum absolute atomic E-state index is 14.2. The van der Waals surface area contributed by atoms with Crippen LogP contribution in [0.25, 0.3) is 34.4 Å². The Morgan fingerprint density at radius 3 is 1.49 bits per heavy atom. The largest absolute Gasteiger partial charge is 0.453 e. The molecule has 5 rings (SSSR count). The van der Waals surface area contributed by atoms with E-state index in [4.69, 9.17) is 0 Å². The Labute approximate surface area is 269 Å². The average molecular weight is 675 g/mol. The summed E-state index contributed by atoms with van der Waals surface area (Å²) in [4.78, 5) is 16.4. The zero-order chi connectivity index (χ0) is 34.7. The Morgan fingerprint density at radius 1 is 0.617 bits per heavy atom. The monoisotopic (exact) mass is 674 g/mol. The van der Waals surface area contributed by atoms with Crippen LogP contribution in [0.3, 0.4) is 0 Å². The Kier molecular flexibility index (Phi) is 8.58. The lowest BCUT2D eigenvalue weighted by atomic mass is 9.87. The first-order valence-electron chi connectivity index (χ1n) is 14.5. The van der Waals surface area contributed by atoms with Crippen molar-refractivity contribution < 1.29 is 26.3 Å². The van der Waals surface area contributed by atoms with Gasteiger partial charge in [-0.1, -0.05) is 61.6 Å². The highest BCUT2D eigenvalue weighted by Crippen LogP contribution is 2.38. The normalized spacial score (nSPS) is 13.1. The van der Waals surface area contributed by atoms with E-state index in [0.29, 0.717) is 5.30 Å². The smallest absolute Gasteiger partial charge is 0.253 e. The number of alkyl halides is 6. The van der Waals surface area contributed by atoms with Gasteiger partial charge in [-0.05, 0) is 65.6 Å². The first-order valence-corrected chi connectivity index (χ1v) is 16.7. The van der Waals surface area contributed by atoms with Gasteiger partial charge < -0.3 is 0 Å². The molecule has 0 amide bonds. The summed E-state index contributed by atoms with van der Waals surface area (Å²) in [6.07, 6.45) is -6.92. The predicted octanol–water partition coefficient (Wildman–Crippen LogP) is 7.97. The molecule has 47 heavy (non-hydrogen) atoms. The minimum Gasteiger partial charge on any atom is -0.253 e. The first-order chi connectivity index (χ1) is 21.7. The second kappa shape index (κ2) is 11.8. The fraction of sp³-hybridized carbons (Fsp3) is 0.375. The minimum absolute atomic E-state index is 0.00603. The maximum Gasteiger partial charge on any atom is 0.453 e. The van der Waals surface area contributed by atoms with E-state index in [9.17, 15) is 26.3 Å². The molecule has 248 valence electrons. The number of hydrogen-bond donors (Lipinski definition) is 0. The number of hydrogen-bond acceptors (Lipinski definition) is 6. The van der Waals surface area contributed by atoms with E-state index in [2.05, 4.69) is 30.1 Å². The van der Waals surface area contributed by atoms with Crippen molar-refractivity contribution in [2.24, 2.45) is 0 Å². The molecule has 4 aromatic heterocycles. The van der Waals surface area contributed by atoms with Crippen molar-refractivity contribution in [1.82, 2.24) is 39.5 Å². The van der Waals surface area contributed by atoms with E-state index in [1.807, 2.05) is 54.9 Å². The summed E-state index contributed by atoms with van der Waals surface area (Å²) in [5.41, 5.74) is 1.09. The number of halogens is 6. The van der Waals surface area contributed by atoms with Gasteiger partial charge in [0.1, 0.15) is 17.1 Å². The fourth-order valence-electron chi connectivity index (χ4n) is 4.83. The van der Waals surface area contributed by atoms with Crippen molar-refractivity contribution in [3.8, 4) is 34.4 Å². The highest BCUT2D eigenvalue weighted by molar-refractivity contribution is 7.64. The molecule has 8 nitrogen and oxygen atoms in total. The molecule has 0 aliphatic carbocycles. The van der Waals surface area contributed by atoms with Crippen molar-refractivity contribution in [2.75, 3.05) is 13.3 Å². The second-order valence-electron chi connectivity index (χ2n) is 13.2. The van der Waals surface area contributed by atoms with Crippen molar-refractivity contribution in [3.63, 3.8) is 0 Å². The predicted molar refractivity (Wildman–Crippen MR) is 169 cm³/mol. The Hall–Kier alpha value is -4.19. The van der Waals surface area contributed by atoms with Crippen LogP contribution in [-0.2, 0) is 23.2 Å². The number of aromatic nitrogens is 8. The molecule has 0 bridgehead atoms. The van der Waals surface area contributed by atoms with Gasteiger partial charge in [-0.3, -0.25) is 9.97 Å². The number of para-hydroxylation sites is 1. The van der Waals surface area contributed by atoms with Crippen LogP contribution in [-0.4, -0.2) is 52.8 Å². The first kappa shape index (κ1) is 34.2. The van der Waals surface area contributed by atoms with E-state index in [1.165, 1.54) is 18.5 Å². The zero-order valence-corrected chi connectivity index (χ0v) is 27.9. The molecule has 0 saturated carbocycles. The fourth-order valence-corrected chi connectivity index (χ4v) is 5.84. The molecule has 0 unspecified atom stereocenters. The van der Waals surface area contributed by atoms with Crippen molar-refractivity contribution >= 4 is 13.2 Å². The van der Waals surface area contributed by atoms with Crippen LogP contribution in [0, 0.1) is 0 Å². The lowest BCUT2D eigenvalue weighted by Crippen LogP contribution is -2.19. The zero-order valence-electron chi connectivity index (χ0n) is 27.0. The summed E-state index contributed by atoms with van der Waals surface area (Å²) in [6, 6.07) is 11.5. The number of benzene rings is 1. The van der Waals surface area contributed by atoms with Gasteiger partial charge >= 0.3 is 12.4 Å². The van der Waals surface area contributed by atoms with Crippen LogP contribution in [0.5, 0.6) is 0 Å². The van der Waals surface area contributed by atoms with Gasteiger partial charge in [0.25, 0.3) is 11.6 Å². The van der Waals surface area contributed by atoms with Gasteiger partial charge in [-0.25, -0.2) is 19.3 Å². The van der Waals surface area contributed by atoms with Gasteiger partial charge in [-0.2, -0.15) is 26.3 Å². The van der Waals surface area contributed by atoms with Crippen LogP contribution in [0.2, 0.25) is 0 Å². The molecule has 15 heteroatoms. The lowest BCUT2D eigenvalue weighted by molar-refractivity contribution is -0.145. The van der Waals surface area contributed by atoms with Crippen molar-refractivity contribution in [1.29, 1.82) is 0 Å². The standard InChI is InChI=1S/C32H33F6N8P/c1-29(2,3)18-12-14-39-20(16-18)25-41-27(31(33,34)35)43-45(25)22-10-9-11-23(47(7)8)24(22)46-26(42-28(44-46)32(36,37)38)21-17-19(13-15-40-21)30(4,5)6/h9-17H,1-8H3. The lowest BCUT2D eigenvalue weighted by Gasteiger charge is -2.21. The molecule has 0 aliphatic heterocycles. The molecular weight excluding hydrogens is 641 g/mol. The maximum atomic E-state index is 14.2. The van der Waals surface area contributed by atoms with Gasteiger partial charge in [-0.15, -0.1) is 10.2 Å². The van der Waals surface area contributed by atoms with Gasteiger partial charge in [0.2, 0.25) is 0 Å². The molecular formula is C32H33F6N8P. The number of nitrogens with zero attached hydrogens (tertiary/aromatic N) is 8. The molecule has 0 N–H and O–H groups in total. The molecule has 0 saturated heterocycles. The summed E-state index contributed by atoms with van der Waals surface area (Å²) in [5, 5.41) is 8.30. The third-order valence-corrected chi connectivity index (χ3v) is 8.67. The third kappa shape index (κ3) is 6.93. The molecule has 4 heterocycles. The average Bonchev–Trinajstić information content (AvgIpc) is 3.62. The van der Waals surface area contributed by atoms with E-state index in [1.54, 1.807) is 36.4 Å². The summed E-state index contributed by atoms with van der Waals surface area (Å²) in [5.74, 6) is -3.35. The van der Waals surface area contributed by atoms with Crippen LogP contribution in [0.15, 0.2) is 54.9 Å². The molecule has 0 fully saturated rings. The Morgan fingerprint density at radius 2 is 1.06 bits per heavy atom. The summed E-state index contributed by atoms with van der Waals surface area (Å²) < 4.78 is 87.0. The molecule has 0 atom stereocenters. The number of rotatable bonds is 5. The van der Waals surface area contributed by atoms with Gasteiger partial charge in [0.05, 0.1) is 5.69 Å². The number of pyridine rings is 2. The SMILES string of the molecule is CP(C)c1cccc(-n2nc(C(F)(F)F)nc2-c2cc(C(C)(C)C)ccn2)c1-n1nc(C(F)(F)F)nc1-c1cc(C(C)(C)C)ccn1. The summed E-state index contributed by atoms with van der Waals surface area (Å²) in [6.45, 7) is 15.4. The molecule has 1 aromatic carbocycles. The van der Waals surface area contributed by atoms with Crippen molar-refractivity contribution in [3.05, 3.63) is 77.6 Å². The Balaban J connectivity index is 1.88. The van der Waals surface area contributed by atoms with Crippen LogP contribution in [0.1, 0.15) is 64.3 Å². The van der Waals surface area contributed by atoms with Crippen molar-refractivity contribution in [2.45, 2.75) is 64.7 Å². The molecule has 0 aliphatic rings. The highest BCUT2D eigenvalue weighted by atomic mass is 31.1. The second-order valence-corrected chi connectivity index (χ2v) is 15.5. The molecule has 5 aromatic rings. The summed E-state index contributed by atoms with van der Waals surface area (Å²) >= 11 is 0. The van der Waals surface area contributed by atoms with Crippen LogP contribution >= 0.6 is 7.92 Å². The quantitative estimate of drug-likeness (QED) is 0.139.